The molecule has 24 heavy (non-hydrogen) atoms. The Kier molecular flexibility index (Phi) is 6.56. The zero-order chi connectivity index (χ0) is 17.4. The molecular formula is C22H25NO. The molecule has 1 amide bonds. The van der Waals surface area contributed by atoms with Gasteiger partial charge in [-0.2, -0.15) is 0 Å². The summed E-state index contributed by atoms with van der Waals surface area (Å²) >= 11 is 0. The molecule has 2 aromatic rings. The van der Waals surface area contributed by atoms with Crippen molar-refractivity contribution in [2.24, 2.45) is 0 Å². The first kappa shape index (κ1) is 17.7. The molecule has 2 aromatic carbocycles. The fourth-order valence-corrected chi connectivity index (χ4v) is 2.97. The molecule has 0 spiro atoms. The van der Waals surface area contributed by atoms with E-state index in [0.29, 0.717) is 24.6 Å². The van der Waals surface area contributed by atoms with Crippen molar-refractivity contribution in [1.29, 1.82) is 0 Å². The number of carbonyl (C=O) groups is 1. The molecule has 0 heterocycles. The van der Waals surface area contributed by atoms with Crippen LogP contribution < -0.4 is 0 Å². The maximum absolute atomic E-state index is 12.8. The van der Waals surface area contributed by atoms with Crippen LogP contribution >= 0.6 is 0 Å². The summed E-state index contributed by atoms with van der Waals surface area (Å²) in [6.07, 6.45) is 4.47. The van der Waals surface area contributed by atoms with Crippen LogP contribution in [0.5, 0.6) is 0 Å². The summed E-state index contributed by atoms with van der Waals surface area (Å²) in [5, 5.41) is 0. The number of hydrogen-bond donors (Lipinski definition) is 0. The second-order valence-corrected chi connectivity index (χ2v) is 5.78. The fourth-order valence-electron chi connectivity index (χ4n) is 2.97. The smallest absolute Gasteiger partial charge is 0.254 e. The third-order valence-corrected chi connectivity index (χ3v) is 4.13. The fraction of sp³-hybridized carbons (Fsp3) is 0.227. The van der Waals surface area contributed by atoms with Crippen molar-refractivity contribution < 1.29 is 4.79 Å². The lowest BCUT2D eigenvalue weighted by Crippen LogP contribution is -2.31. The van der Waals surface area contributed by atoms with Crippen molar-refractivity contribution in [3.05, 3.63) is 96.6 Å². The number of hydrogen-bond acceptors (Lipinski definition) is 1. The van der Waals surface area contributed by atoms with Gasteiger partial charge in [-0.25, -0.2) is 0 Å². The maximum atomic E-state index is 12.8. The summed E-state index contributed by atoms with van der Waals surface area (Å²) in [7, 11) is 0. The lowest BCUT2D eigenvalue weighted by atomic mass is 9.88. The average Bonchev–Trinajstić information content (AvgIpc) is 2.63. The Morgan fingerprint density at radius 3 is 2.21 bits per heavy atom. The molecule has 0 radical (unpaired) electrons. The molecule has 0 saturated heterocycles. The van der Waals surface area contributed by atoms with E-state index in [1.54, 1.807) is 17.1 Å². The molecule has 124 valence electrons. The highest BCUT2D eigenvalue weighted by Gasteiger charge is 2.17. The highest BCUT2D eigenvalue weighted by molar-refractivity contribution is 5.94. The average molecular weight is 319 g/mol. The van der Waals surface area contributed by atoms with Gasteiger partial charge in [0.15, 0.2) is 0 Å². The highest BCUT2D eigenvalue weighted by Crippen LogP contribution is 2.28. The molecular weight excluding hydrogens is 294 g/mol. The molecule has 0 aliphatic rings. The minimum atomic E-state index is 0.0135. The Bertz CT molecular complexity index is 680. The van der Waals surface area contributed by atoms with E-state index in [2.05, 4.69) is 50.4 Å². The molecule has 0 fully saturated rings. The Hall–Kier alpha value is -2.61. The number of amides is 1. The van der Waals surface area contributed by atoms with E-state index in [-0.39, 0.29) is 5.91 Å². The van der Waals surface area contributed by atoms with Gasteiger partial charge in [0.25, 0.3) is 5.91 Å². The summed E-state index contributed by atoms with van der Waals surface area (Å²) < 4.78 is 0. The van der Waals surface area contributed by atoms with Crippen LogP contribution in [0.15, 0.2) is 79.9 Å². The molecule has 0 N–H and O–H groups in total. The molecule has 0 aromatic heterocycles. The molecule has 0 bridgehead atoms. The summed E-state index contributed by atoms with van der Waals surface area (Å²) in [6.45, 7) is 10.7. The van der Waals surface area contributed by atoms with Crippen LogP contribution in [0, 0.1) is 0 Å². The molecule has 0 aliphatic carbocycles. The van der Waals surface area contributed by atoms with E-state index >= 15 is 0 Å². The first-order valence-electron chi connectivity index (χ1n) is 8.37. The van der Waals surface area contributed by atoms with Gasteiger partial charge in [-0.3, -0.25) is 4.79 Å². The van der Waals surface area contributed by atoms with Crippen LogP contribution in [0.25, 0.3) is 0 Å². The van der Waals surface area contributed by atoms with Gasteiger partial charge in [0.1, 0.15) is 0 Å². The monoisotopic (exact) mass is 319 g/mol. The predicted octanol–water partition coefficient (Wildman–Crippen LogP) is 5.04. The van der Waals surface area contributed by atoms with Gasteiger partial charge in [-0.15, -0.1) is 13.2 Å². The van der Waals surface area contributed by atoms with Crippen LogP contribution in [0.4, 0.5) is 0 Å². The van der Waals surface area contributed by atoms with Gasteiger partial charge in [0, 0.05) is 24.6 Å². The number of nitrogens with zero attached hydrogens (tertiary/aromatic N) is 1. The van der Waals surface area contributed by atoms with Crippen LogP contribution in [-0.2, 0) is 0 Å². The Balaban J connectivity index is 2.31. The van der Waals surface area contributed by atoms with Crippen LogP contribution in [-0.4, -0.2) is 23.9 Å². The third kappa shape index (κ3) is 4.23. The van der Waals surface area contributed by atoms with Gasteiger partial charge in [-0.1, -0.05) is 61.5 Å². The highest BCUT2D eigenvalue weighted by atomic mass is 16.2. The molecule has 2 heteroatoms. The maximum Gasteiger partial charge on any atom is 0.254 e. The summed E-state index contributed by atoms with van der Waals surface area (Å²) in [5.74, 6) is 0.311. The van der Waals surface area contributed by atoms with Gasteiger partial charge in [0.2, 0.25) is 0 Å². The van der Waals surface area contributed by atoms with Crippen LogP contribution in [0.1, 0.15) is 40.7 Å². The minimum Gasteiger partial charge on any atom is -0.331 e. The lowest BCUT2D eigenvalue weighted by Gasteiger charge is -2.21. The van der Waals surface area contributed by atoms with Crippen molar-refractivity contribution in [3.8, 4) is 0 Å². The van der Waals surface area contributed by atoms with Gasteiger partial charge < -0.3 is 4.90 Å². The third-order valence-electron chi connectivity index (χ3n) is 4.13. The topological polar surface area (TPSA) is 20.3 Å². The Morgan fingerprint density at radius 2 is 1.62 bits per heavy atom. The lowest BCUT2D eigenvalue weighted by molar-refractivity contribution is 0.0790. The van der Waals surface area contributed by atoms with Gasteiger partial charge >= 0.3 is 0 Å². The second-order valence-electron chi connectivity index (χ2n) is 5.78. The largest absolute Gasteiger partial charge is 0.331 e. The van der Waals surface area contributed by atoms with Crippen molar-refractivity contribution in [2.45, 2.75) is 19.3 Å². The van der Waals surface area contributed by atoms with Crippen molar-refractivity contribution in [2.75, 3.05) is 13.1 Å². The van der Waals surface area contributed by atoms with E-state index in [1.165, 1.54) is 11.1 Å². The normalized spacial score (nSPS) is 11.5. The summed E-state index contributed by atoms with van der Waals surface area (Å²) in [5.41, 5.74) is 3.16. The van der Waals surface area contributed by atoms with Gasteiger partial charge in [-0.05, 0) is 29.7 Å². The zero-order valence-corrected chi connectivity index (χ0v) is 14.3. The molecule has 1 unspecified atom stereocenters. The van der Waals surface area contributed by atoms with E-state index in [0.717, 1.165) is 6.42 Å². The first-order valence-corrected chi connectivity index (χ1v) is 8.37. The Morgan fingerprint density at radius 1 is 1.00 bits per heavy atom. The van der Waals surface area contributed by atoms with Crippen molar-refractivity contribution in [1.82, 2.24) is 4.90 Å². The SMILES string of the molecule is C=CCN(CC=C)C(=O)c1cccc(C(CC)c2ccccc2)c1. The van der Waals surface area contributed by atoms with E-state index < -0.39 is 0 Å². The number of benzene rings is 2. The van der Waals surface area contributed by atoms with Gasteiger partial charge in [0.05, 0.1) is 0 Å². The van der Waals surface area contributed by atoms with E-state index in [9.17, 15) is 4.79 Å². The predicted molar refractivity (Wildman–Crippen MR) is 101 cm³/mol. The van der Waals surface area contributed by atoms with E-state index in [1.807, 2.05) is 24.3 Å². The quantitative estimate of drug-likeness (QED) is 0.624. The van der Waals surface area contributed by atoms with Crippen molar-refractivity contribution >= 4 is 5.91 Å². The molecule has 0 saturated carbocycles. The Labute approximate surface area is 145 Å². The van der Waals surface area contributed by atoms with Crippen LogP contribution in [0.2, 0.25) is 0 Å². The summed E-state index contributed by atoms with van der Waals surface area (Å²) in [6, 6.07) is 18.4. The van der Waals surface area contributed by atoms with Crippen molar-refractivity contribution in [3.63, 3.8) is 0 Å². The summed E-state index contributed by atoms with van der Waals surface area (Å²) in [4.78, 5) is 14.5. The number of rotatable bonds is 8. The zero-order valence-electron chi connectivity index (χ0n) is 14.3. The molecule has 2 rings (SSSR count). The second kappa shape index (κ2) is 8.88. The van der Waals surface area contributed by atoms with E-state index in [4.69, 9.17) is 0 Å². The first-order chi connectivity index (χ1) is 11.7. The number of carbonyl (C=O) groups excluding carboxylic acids is 1. The standard InChI is InChI=1S/C22H25NO/c1-4-15-23(16-5-2)22(24)20-14-10-13-19(17-20)21(6-3)18-11-8-7-9-12-18/h4-5,7-14,17,21H,1-2,6,15-16H2,3H3. The molecule has 1 atom stereocenters. The minimum absolute atomic E-state index is 0.0135. The van der Waals surface area contributed by atoms with Crippen LogP contribution in [0.3, 0.4) is 0 Å². The molecule has 0 aliphatic heterocycles. The molecule has 2 nitrogen and oxygen atoms in total.